The van der Waals surface area contributed by atoms with Crippen molar-refractivity contribution in [2.75, 3.05) is 7.11 Å². The Balaban J connectivity index is 6.47. The van der Waals surface area contributed by atoms with Crippen LogP contribution in [0, 0.1) is 0 Å². The molecule has 0 spiro atoms. The summed E-state index contributed by atoms with van der Waals surface area (Å²) in [6, 6.07) is 0. The van der Waals surface area contributed by atoms with E-state index < -0.39 is 60.3 Å². The van der Waals surface area contributed by atoms with Crippen molar-refractivity contribution in [1.82, 2.24) is 0 Å². The summed E-state index contributed by atoms with van der Waals surface area (Å²) in [5.74, 6) is -49.9. The second-order valence-corrected chi connectivity index (χ2v) is 6.13. The first-order valence-corrected chi connectivity index (χ1v) is 7.71. The van der Waals surface area contributed by atoms with Gasteiger partial charge in [-0.3, -0.25) is 4.74 Å². The van der Waals surface area contributed by atoms with Gasteiger partial charge in [-0.05, 0) is 13.8 Å². The summed E-state index contributed by atoms with van der Waals surface area (Å²) in [5.41, 5.74) is 0. The number of hydrogen-bond donors (Lipinski definition) is 1. The third kappa shape index (κ3) is 4.79. The molecule has 0 aliphatic rings. The molecule has 0 aliphatic carbocycles. The van der Waals surface area contributed by atoms with Crippen molar-refractivity contribution in [2.45, 2.75) is 74.2 Å². The quantitative estimate of drug-likeness (QED) is 0.270. The van der Waals surface area contributed by atoms with Crippen molar-refractivity contribution < 1.29 is 89.6 Å². The van der Waals surface area contributed by atoms with Gasteiger partial charge in [0.1, 0.15) is 0 Å². The lowest BCUT2D eigenvalue weighted by Crippen LogP contribution is -2.75. The molecule has 0 aromatic heterocycles. The fourth-order valence-electron chi connectivity index (χ4n) is 1.80. The third-order valence-corrected chi connectivity index (χ3v) is 3.74. The molecular weight excluding hydrogens is 524 g/mol. The number of aliphatic hydroxyl groups is 1. The predicted molar refractivity (Wildman–Crippen MR) is 69.9 cm³/mol. The molecular formula is C13H12F16O4. The molecule has 2 unspecified atom stereocenters. The second kappa shape index (κ2) is 8.74. The number of methoxy groups -OCH3 is 1. The summed E-state index contributed by atoms with van der Waals surface area (Å²) in [4.78, 5) is 0. The standard InChI is InChI=1S/C13H12F16O4/c1-4(31-3)32-5(2)33-13(28,29)11(24,25)9(20,21)7(16,17)6(14,15)8(18,19)10(22,23)12(26,27)30/h4-5,30H,1-3H3. The number of halogens is 16. The van der Waals surface area contributed by atoms with E-state index in [9.17, 15) is 70.2 Å². The van der Waals surface area contributed by atoms with E-state index in [0.29, 0.717) is 0 Å². The molecule has 1 N–H and O–H groups in total. The van der Waals surface area contributed by atoms with Crippen LogP contribution in [0.5, 0.6) is 0 Å². The van der Waals surface area contributed by atoms with Crippen molar-refractivity contribution in [3.8, 4) is 0 Å². The average Bonchev–Trinajstić information content (AvgIpc) is 2.58. The van der Waals surface area contributed by atoms with Crippen LogP contribution in [0.3, 0.4) is 0 Å². The number of alkyl halides is 16. The average molecular weight is 536 g/mol. The van der Waals surface area contributed by atoms with Crippen molar-refractivity contribution in [2.24, 2.45) is 0 Å². The van der Waals surface area contributed by atoms with E-state index in [1.807, 2.05) is 0 Å². The Labute approximate surface area is 172 Å². The van der Waals surface area contributed by atoms with Crippen LogP contribution >= 0.6 is 0 Å². The van der Waals surface area contributed by atoms with E-state index in [2.05, 4.69) is 14.2 Å². The van der Waals surface area contributed by atoms with Crippen LogP contribution in [0.1, 0.15) is 13.8 Å². The Bertz CT molecular complexity index is 674. The van der Waals surface area contributed by atoms with Crippen LogP contribution in [-0.4, -0.2) is 72.5 Å². The molecule has 0 bridgehead atoms. The Kier molecular flexibility index (Phi) is 8.40. The van der Waals surface area contributed by atoms with Crippen LogP contribution in [0.2, 0.25) is 0 Å². The summed E-state index contributed by atoms with van der Waals surface area (Å²) in [6.07, 6.45) is -18.6. The second-order valence-electron chi connectivity index (χ2n) is 6.13. The van der Waals surface area contributed by atoms with Crippen LogP contribution in [-0.2, 0) is 14.2 Å². The normalized spacial score (nSPS) is 17.8. The lowest BCUT2D eigenvalue weighted by atomic mass is 9.90. The van der Waals surface area contributed by atoms with E-state index >= 15 is 0 Å². The van der Waals surface area contributed by atoms with Gasteiger partial charge >= 0.3 is 47.8 Å². The zero-order valence-electron chi connectivity index (χ0n) is 15.9. The Morgan fingerprint density at radius 1 is 0.515 bits per heavy atom. The van der Waals surface area contributed by atoms with Gasteiger partial charge < -0.3 is 14.6 Å². The molecule has 0 rings (SSSR count). The molecule has 2 atom stereocenters. The fourth-order valence-corrected chi connectivity index (χ4v) is 1.80. The maximum atomic E-state index is 13.5. The molecule has 0 saturated heterocycles. The topological polar surface area (TPSA) is 47.9 Å². The zero-order chi connectivity index (χ0) is 27.3. The Hall–Kier alpha value is -1.28. The summed E-state index contributed by atoms with van der Waals surface area (Å²) in [5, 5.41) is 7.55. The van der Waals surface area contributed by atoms with Gasteiger partial charge in [-0.1, -0.05) is 0 Å². The maximum absolute atomic E-state index is 13.5. The summed E-state index contributed by atoms with van der Waals surface area (Å²) in [7, 11) is 0.812. The van der Waals surface area contributed by atoms with Crippen molar-refractivity contribution >= 4 is 0 Å². The Morgan fingerprint density at radius 3 is 1.12 bits per heavy atom. The van der Waals surface area contributed by atoms with Gasteiger partial charge in [-0.2, -0.15) is 70.2 Å². The van der Waals surface area contributed by atoms with Gasteiger partial charge in [-0.15, -0.1) is 0 Å². The van der Waals surface area contributed by atoms with Crippen LogP contribution in [0.4, 0.5) is 70.2 Å². The van der Waals surface area contributed by atoms with Gasteiger partial charge in [0.05, 0.1) is 0 Å². The molecule has 0 heterocycles. The van der Waals surface area contributed by atoms with E-state index in [1.165, 1.54) is 0 Å². The molecule has 4 nitrogen and oxygen atoms in total. The summed E-state index contributed by atoms with van der Waals surface area (Å²) in [6.45, 7) is 1.10. The highest BCUT2D eigenvalue weighted by Gasteiger charge is 2.95. The Morgan fingerprint density at radius 2 is 0.818 bits per heavy atom. The van der Waals surface area contributed by atoms with Gasteiger partial charge in [0.15, 0.2) is 12.6 Å². The number of hydrogen-bond acceptors (Lipinski definition) is 4. The molecule has 0 aliphatic heterocycles. The van der Waals surface area contributed by atoms with E-state index in [4.69, 9.17) is 5.11 Å². The first-order valence-electron chi connectivity index (χ1n) is 7.71. The summed E-state index contributed by atoms with van der Waals surface area (Å²) >= 11 is 0. The fraction of sp³-hybridized carbons (Fsp3) is 1.00. The van der Waals surface area contributed by atoms with Crippen molar-refractivity contribution in [3.63, 3.8) is 0 Å². The molecule has 0 fully saturated rings. The maximum Gasteiger partial charge on any atom is 0.428 e. The van der Waals surface area contributed by atoms with Crippen LogP contribution in [0.15, 0.2) is 0 Å². The van der Waals surface area contributed by atoms with E-state index in [-0.39, 0.29) is 6.92 Å². The molecule has 0 aromatic carbocycles. The third-order valence-electron chi connectivity index (χ3n) is 3.74. The van der Waals surface area contributed by atoms with Crippen LogP contribution in [0.25, 0.3) is 0 Å². The molecule has 33 heavy (non-hydrogen) atoms. The van der Waals surface area contributed by atoms with Crippen LogP contribution < -0.4 is 0 Å². The smallest absolute Gasteiger partial charge is 0.356 e. The predicted octanol–water partition coefficient (Wildman–Crippen LogP) is 5.35. The first-order chi connectivity index (χ1) is 14.1. The van der Waals surface area contributed by atoms with Gasteiger partial charge in [0, 0.05) is 7.11 Å². The van der Waals surface area contributed by atoms with Gasteiger partial charge in [-0.25, -0.2) is 0 Å². The molecule has 0 amide bonds. The van der Waals surface area contributed by atoms with Gasteiger partial charge in [0.25, 0.3) is 0 Å². The van der Waals surface area contributed by atoms with E-state index in [0.717, 1.165) is 14.0 Å². The van der Waals surface area contributed by atoms with Crippen molar-refractivity contribution in [3.05, 3.63) is 0 Å². The number of rotatable bonds is 12. The molecule has 0 aromatic rings. The monoisotopic (exact) mass is 536 g/mol. The highest BCUT2D eigenvalue weighted by atomic mass is 19.4. The van der Waals surface area contributed by atoms with Crippen molar-refractivity contribution in [1.29, 1.82) is 0 Å². The largest absolute Gasteiger partial charge is 0.428 e. The minimum Gasteiger partial charge on any atom is -0.356 e. The zero-order valence-corrected chi connectivity index (χ0v) is 15.9. The highest BCUT2D eigenvalue weighted by molar-refractivity contribution is 5.14. The van der Waals surface area contributed by atoms with E-state index in [1.54, 1.807) is 0 Å². The minimum atomic E-state index is -8.61. The molecule has 0 radical (unpaired) electrons. The minimum absolute atomic E-state index is 0.239. The highest BCUT2D eigenvalue weighted by Crippen LogP contribution is 2.63. The number of ether oxygens (including phenoxy) is 3. The lowest BCUT2D eigenvalue weighted by Gasteiger charge is -2.43. The first kappa shape index (κ1) is 31.7. The molecule has 0 saturated carbocycles. The lowest BCUT2D eigenvalue weighted by molar-refractivity contribution is -0.489. The SMILES string of the molecule is COC(C)OC(C)OC(F)(F)C(F)(F)C(F)(F)C(F)(F)C(F)(F)C(F)(F)C(F)(F)C(O)(F)F. The van der Waals surface area contributed by atoms with Gasteiger partial charge in [0.2, 0.25) is 0 Å². The molecule has 200 valence electrons. The molecule has 20 heteroatoms. The summed E-state index contributed by atoms with van der Waals surface area (Å²) < 4.78 is 222.